The molecule has 1 unspecified atom stereocenters. The van der Waals surface area contributed by atoms with Crippen LogP contribution < -0.4 is 9.47 Å². The Kier molecular flexibility index (Phi) is 7.27. The van der Waals surface area contributed by atoms with Gasteiger partial charge in [0.2, 0.25) is 10.0 Å². The number of hydrogen-bond donors (Lipinski definition) is 0. The molecule has 0 N–H and O–H groups in total. The van der Waals surface area contributed by atoms with Crippen molar-refractivity contribution in [3.63, 3.8) is 0 Å². The Morgan fingerprint density at radius 3 is 2.67 bits per heavy atom. The molecule has 0 spiro atoms. The fraction of sp³-hybridized carbons (Fsp3) is 0.667. The molecule has 7 nitrogen and oxygen atoms in total. The minimum atomic E-state index is -3.70. The summed E-state index contributed by atoms with van der Waals surface area (Å²) in [5, 5.41) is 0. The number of morpholine rings is 1. The number of nitrogens with zero attached hydrogens (tertiary/aromatic N) is 2. The van der Waals surface area contributed by atoms with Crippen LogP contribution in [0.15, 0.2) is 23.1 Å². The van der Waals surface area contributed by atoms with Gasteiger partial charge in [0.1, 0.15) is 16.4 Å². The number of benzene rings is 1. The van der Waals surface area contributed by atoms with Gasteiger partial charge in [-0.1, -0.05) is 0 Å². The zero-order valence-corrected chi connectivity index (χ0v) is 17.6. The summed E-state index contributed by atoms with van der Waals surface area (Å²) in [7, 11) is -0.683. The minimum absolute atomic E-state index is 0.0727. The summed E-state index contributed by atoms with van der Waals surface area (Å²) in [6, 6.07) is 4.84. The number of methoxy groups -OCH3 is 2. The summed E-state index contributed by atoms with van der Waals surface area (Å²) in [6.45, 7) is 4.34. The van der Waals surface area contributed by atoms with Gasteiger partial charge >= 0.3 is 0 Å². The molecule has 2 saturated heterocycles. The molecule has 2 aliphatic heterocycles. The van der Waals surface area contributed by atoms with Crippen molar-refractivity contribution in [2.45, 2.75) is 17.4 Å². The van der Waals surface area contributed by atoms with Crippen LogP contribution in [0.2, 0.25) is 0 Å². The molecular formula is C18H28N2O5S2. The predicted molar refractivity (Wildman–Crippen MR) is 106 cm³/mol. The normalized spacial score (nSPS) is 23.0. The highest BCUT2D eigenvalue weighted by atomic mass is 32.2. The summed E-state index contributed by atoms with van der Waals surface area (Å²) < 4.78 is 44.8. The first kappa shape index (κ1) is 20.7. The van der Waals surface area contributed by atoms with Gasteiger partial charge in [-0.3, -0.25) is 4.90 Å². The lowest BCUT2D eigenvalue weighted by Gasteiger charge is -2.35. The molecule has 2 fully saturated rings. The van der Waals surface area contributed by atoms with E-state index in [0.717, 1.165) is 37.6 Å². The highest BCUT2D eigenvalue weighted by Crippen LogP contribution is 2.33. The maximum atomic E-state index is 13.6. The van der Waals surface area contributed by atoms with Crippen LogP contribution in [0.3, 0.4) is 0 Å². The molecule has 2 aliphatic rings. The van der Waals surface area contributed by atoms with Crippen molar-refractivity contribution < 1.29 is 22.6 Å². The van der Waals surface area contributed by atoms with Crippen molar-refractivity contribution in [1.29, 1.82) is 0 Å². The van der Waals surface area contributed by atoms with Crippen molar-refractivity contribution in [2.75, 3.05) is 65.1 Å². The molecule has 0 radical (unpaired) electrons. The van der Waals surface area contributed by atoms with Gasteiger partial charge in [-0.15, -0.1) is 0 Å². The van der Waals surface area contributed by atoms with Gasteiger partial charge in [-0.25, -0.2) is 8.42 Å². The van der Waals surface area contributed by atoms with Crippen molar-refractivity contribution in [3.05, 3.63) is 18.2 Å². The number of rotatable bonds is 6. The maximum Gasteiger partial charge on any atom is 0.247 e. The van der Waals surface area contributed by atoms with Crippen LogP contribution in [0.5, 0.6) is 11.5 Å². The molecule has 3 rings (SSSR count). The quantitative estimate of drug-likeness (QED) is 0.697. The van der Waals surface area contributed by atoms with Crippen LogP contribution in [0, 0.1) is 0 Å². The van der Waals surface area contributed by atoms with Gasteiger partial charge in [0.25, 0.3) is 0 Å². The van der Waals surface area contributed by atoms with E-state index in [2.05, 4.69) is 4.90 Å². The van der Waals surface area contributed by atoms with Crippen LogP contribution in [-0.2, 0) is 14.8 Å². The zero-order chi connectivity index (χ0) is 19.3. The van der Waals surface area contributed by atoms with Crippen LogP contribution in [-0.4, -0.2) is 88.8 Å². The van der Waals surface area contributed by atoms with E-state index in [0.29, 0.717) is 31.3 Å². The summed E-state index contributed by atoms with van der Waals surface area (Å²) in [5.74, 6) is 2.62. The third-order valence-electron chi connectivity index (χ3n) is 4.91. The summed E-state index contributed by atoms with van der Waals surface area (Å²) in [4.78, 5) is 2.47. The van der Waals surface area contributed by atoms with Crippen LogP contribution >= 0.6 is 11.8 Å². The van der Waals surface area contributed by atoms with E-state index in [9.17, 15) is 8.42 Å². The summed E-state index contributed by atoms with van der Waals surface area (Å²) >= 11 is 1.83. The summed E-state index contributed by atoms with van der Waals surface area (Å²) in [5.41, 5.74) is 0. The molecular weight excluding hydrogens is 388 g/mol. The SMILES string of the molecule is COc1ccc(OC)c(S(=O)(=O)N2CCCSCC2CN2CCOCC2)c1. The number of ether oxygens (including phenoxy) is 3. The summed E-state index contributed by atoms with van der Waals surface area (Å²) in [6.07, 6.45) is 0.843. The largest absolute Gasteiger partial charge is 0.497 e. The molecule has 2 heterocycles. The average Bonchev–Trinajstić information content (AvgIpc) is 2.94. The van der Waals surface area contributed by atoms with Gasteiger partial charge in [0, 0.05) is 44.0 Å². The molecule has 0 bridgehead atoms. The Labute approximate surface area is 166 Å². The lowest BCUT2D eigenvalue weighted by Crippen LogP contribution is -2.50. The van der Waals surface area contributed by atoms with Gasteiger partial charge in [0.05, 0.1) is 27.4 Å². The van der Waals surface area contributed by atoms with E-state index in [-0.39, 0.29) is 10.9 Å². The second kappa shape index (κ2) is 9.47. The molecule has 0 amide bonds. The lowest BCUT2D eigenvalue weighted by molar-refractivity contribution is 0.0309. The van der Waals surface area contributed by atoms with Crippen molar-refractivity contribution in [1.82, 2.24) is 9.21 Å². The highest BCUT2D eigenvalue weighted by Gasteiger charge is 2.36. The monoisotopic (exact) mass is 416 g/mol. The molecule has 27 heavy (non-hydrogen) atoms. The van der Waals surface area contributed by atoms with E-state index in [1.165, 1.54) is 14.2 Å². The average molecular weight is 417 g/mol. The molecule has 152 valence electrons. The molecule has 1 aromatic rings. The highest BCUT2D eigenvalue weighted by molar-refractivity contribution is 7.99. The van der Waals surface area contributed by atoms with Gasteiger partial charge in [0.15, 0.2) is 0 Å². The molecule has 1 aromatic carbocycles. The Morgan fingerprint density at radius 2 is 1.96 bits per heavy atom. The Morgan fingerprint density at radius 1 is 1.19 bits per heavy atom. The molecule has 0 aromatic heterocycles. The molecule has 0 saturated carbocycles. The van der Waals surface area contributed by atoms with E-state index < -0.39 is 10.0 Å². The Balaban J connectivity index is 1.91. The Hall–Kier alpha value is -1.00. The first-order valence-corrected chi connectivity index (χ1v) is 11.8. The van der Waals surface area contributed by atoms with Crippen molar-refractivity contribution in [2.24, 2.45) is 0 Å². The minimum Gasteiger partial charge on any atom is -0.497 e. The van der Waals surface area contributed by atoms with E-state index in [1.54, 1.807) is 22.5 Å². The smallest absolute Gasteiger partial charge is 0.247 e. The lowest BCUT2D eigenvalue weighted by atomic mass is 10.2. The fourth-order valence-electron chi connectivity index (χ4n) is 3.46. The first-order valence-electron chi connectivity index (χ1n) is 9.18. The predicted octanol–water partition coefficient (Wildman–Crippen LogP) is 1.53. The van der Waals surface area contributed by atoms with Crippen molar-refractivity contribution >= 4 is 21.8 Å². The maximum absolute atomic E-state index is 13.6. The van der Waals surface area contributed by atoms with Gasteiger partial charge in [-0.2, -0.15) is 16.1 Å². The second-order valence-electron chi connectivity index (χ2n) is 6.63. The van der Waals surface area contributed by atoms with Crippen LogP contribution in [0.25, 0.3) is 0 Å². The number of thioether (sulfide) groups is 1. The number of sulfonamides is 1. The van der Waals surface area contributed by atoms with Crippen LogP contribution in [0.4, 0.5) is 0 Å². The van der Waals surface area contributed by atoms with E-state index in [1.807, 2.05) is 11.8 Å². The molecule has 0 aliphatic carbocycles. The van der Waals surface area contributed by atoms with Crippen LogP contribution in [0.1, 0.15) is 6.42 Å². The van der Waals surface area contributed by atoms with Gasteiger partial charge < -0.3 is 14.2 Å². The van der Waals surface area contributed by atoms with E-state index in [4.69, 9.17) is 14.2 Å². The standard InChI is InChI=1S/C18H28N2O5S2/c1-23-16-4-5-17(24-2)18(12-16)27(21,22)20-6-3-11-26-14-15(20)13-19-7-9-25-10-8-19/h4-5,12,15H,3,6-11,13-14H2,1-2H3. The van der Waals surface area contributed by atoms with E-state index >= 15 is 0 Å². The number of hydrogen-bond acceptors (Lipinski definition) is 7. The zero-order valence-electron chi connectivity index (χ0n) is 15.9. The van der Waals surface area contributed by atoms with Crippen molar-refractivity contribution in [3.8, 4) is 11.5 Å². The third kappa shape index (κ3) is 4.89. The third-order valence-corrected chi connectivity index (χ3v) is 8.09. The van der Waals surface area contributed by atoms with Gasteiger partial charge in [-0.05, 0) is 24.3 Å². The fourth-order valence-corrected chi connectivity index (χ4v) is 6.44. The molecule has 1 atom stereocenters. The topological polar surface area (TPSA) is 68.3 Å². The molecule has 9 heteroatoms. The Bertz CT molecular complexity index is 722. The second-order valence-corrected chi connectivity index (χ2v) is 9.64. The first-order chi connectivity index (χ1) is 13.1.